The molecule has 4 heterocycles. The lowest BCUT2D eigenvalue weighted by Crippen LogP contribution is -2.34. The highest BCUT2D eigenvalue weighted by Gasteiger charge is 2.38. The Labute approximate surface area is 125 Å². The first-order valence-corrected chi connectivity index (χ1v) is 6.98. The van der Waals surface area contributed by atoms with Crippen molar-refractivity contribution in [1.29, 1.82) is 0 Å². The van der Waals surface area contributed by atoms with Crippen LogP contribution in [0.2, 0.25) is 0 Å². The van der Waals surface area contributed by atoms with Crippen molar-refractivity contribution in [3.63, 3.8) is 0 Å². The van der Waals surface area contributed by atoms with Gasteiger partial charge in [-0.3, -0.25) is 5.43 Å². The smallest absolute Gasteiger partial charge is 0.178 e. The second-order valence-corrected chi connectivity index (χ2v) is 5.95. The predicted octanol–water partition coefficient (Wildman–Crippen LogP) is 1.28. The van der Waals surface area contributed by atoms with E-state index in [9.17, 15) is 0 Å². The maximum absolute atomic E-state index is 4.51. The summed E-state index contributed by atoms with van der Waals surface area (Å²) in [6.45, 7) is 4.20. The molecule has 0 spiro atoms. The fraction of sp³-hybridized carbons (Fsp3) is 0.214. The molecule has 0 radical (unpaired) electrons. The van der Waals surface area contributed by atoms with Crippen LogP contribution >= 0.6 is 0 Å². The highest BCUT2D eigenvalue weighted by Crippen LogP contribution is 2.37. The molecule has 1 aliphatic carbocycles. The number of nitrogens with one attached hydrogen (secondary N) is 1. The Morgan fingerprint density at radius 3 is 2.86 bits per heavy atom. The molecule has 3 aromatic heterocycles. The van der Waals surface area contributed by atoms with Crippen LogP contribution in [0.1, 0.15) is 25.2 Å². The molecule has 0 atom stereocenters. The Balaban J connectivity index is 1.90. The van der Waals surface area contributed by atoms with Crippen LogP contribution in [0.15, 0.2) is 35.7 Å². The monoisotopic (exact) mass is 292 g/mol. The van der Waals surface area contributed by atoms with Gasteiger partial charge in [-0.05, 0) is 6.08 Å². The molecule has 0 saturated heterocycles. The predicted molar refractivity (Wildman–Crippen MR) is 80.5 cm³/mol. The minimum atomic E-state index is -0.294. The molecule has 8 nitrogen and oxygen atoms in total. The van der Waals surface area contributed by atoms with Crippen LogP contribution in [0.3, 0.4) is 0 Å². The summed E-state index contributed by atoms with van der Waals surface area (Å²) in [6, 6.07) is 3.71. The van der Waals surface area contributed by atoms with E-state index in [2.05, 4.69) is 50.8 Å². The molecule has 0 unspecified atom stereocenters. The molecule has 2 aliphatic rings. The zero-order chi connectivity index (χ0) is 14.9. The molecule has 3 aromatic rings. The summed E-state index contributed by atoms with van der Waals surface area (Å²) in [5.41, 5.74) is 6.84. The number of aromatic nitrogens is 6. The number of anilines is 1. The molecular formula is C14H12N8. The number of nitrogens with zero attached hydrogens (tertiary/aromatic N) is 7. The molecule has 8 heteroatoms. The second-order valence-electron chi connectivity index (χ2n) is 5.95. The molecule has 0 amide bonds. The van der Waals surface area contributed by atoms with Gasteiger partial charge in [0.05, 0.1) is 18.1 Å². The van der Waals surface area contributed by atoms with Gasteiger partial charge in [-0.15, -0.1) is 5.10 Å². The average Bonchev–Trinajstić information content (AvgIpc) is 3.14. The highest BCUT2D eigenvalue weighted by atomic mass is 15.5. The zero-order valence-electron chi connectivity index (χ0n) is 12.0. The summed E-state index contributed by atoms with van der Waals surface area (Å²) >= 11 is 0. The fourth-order valence-corrected chi connectivity index (χ4v) is 3.00. The normalized spacial score (nSPS) is 17.9. The fourth-order valence-electron chi connectivity index (χ4n) is 3.00. The van der Waals surface area contributed by atoms with Crippen LogP contribution < -0.4 is 5.43 Å². The third-order valence-electron chi connectivity index (χ3n) is 4.04. The van der Waals surface area contributed by atoms with Crippen molar-refractivity contribution >= 4 is 22.9 Å². The molecule has 5 rings (SSSR count). The van der Waals surface area contributed by atoms with E-state index in [1.165, 1.54) is 0 Å². The SMILES string of the molecule is CC1(C)C=C2C(=NNc3ccnn32)c2c1nnc1ccnn21. The maximum atomic E-state index is 4.51. The first-order valence-electron chi connectivity index (χ1n) is 6.98. The van der Waals surface area contributed by atoms with Gasteiger partial charge in [0.1, 0.15) is 22.9 Å². The van der Waals surface area contributed by atoms with Gasteiger partial charge in [-0.25, -0.2) is 9.20 Å². The Morgan fingerprint density at radius 2 is 1.95 bits per heavy atom. The van der Waals surface area contributed by atoms with Gasteiger partial charge in [-0.2, -0.15) is 20.4 Å². The Hall–Kier alpha value is -3.03. The molecule has 1 aliphatic heterocycles. The van der Waals surface area contributed by atoms with Gasteiger partial charge in [0, 0.05) is 17.5 Å². The van der Waals surface area contributed by atoms with E-state index in [-0.39, 0.29) is 5.41 Å². The van der Waals surface area contributed by atoms with Gasteiger partial charge < -0.3 is 0 Å². The lowest BCUT2D eigenvalue weighted by atomic mass is 9.81. The molecule has 0 saturated carbocycles. The summed E-state index contributed by atoms with van der Waals surface area (Å²) < 4.78 is 3.63. The summed E-state index contributed by atoms with van der Waals surface area (Å²) in [5.74, 6) is 0.841. The summed E-state index contributed by atoms with van der Waals surface area (Å²) in [6.07, 6.45) is 5.58. The lowest BCUT2D eigenvalue weighted by Gasteiger charge is -2.31. The van der Waals surface area contributed by atoms with E-state index >= 15 is 0 Å². The van der Waals surface area contributed by atoms with E-state index in [1.807, 2.05) is 16.8 Å². The highest BCUT2D eigenvalue weighted by molar-refractivity contribution is 6.29. The van der Waals surface area contributed by atoms with Crippen LogP contribution in [0.5, 0.6) is 0 Å². The Bertz CT molecular complexity index is 987. The van der Waals surface area contributed by atoms with Crippen molar-refractivity contribution in [3.8, 4) is 0 Å². The third-order valence-corrected chi connectivity index (χ3v) is 4.04. The van der Waals surface area contributed by atoms with E-state index in [4.69, 9.17) is 0 Å². The lowest BCUT2D eigenvalue weighted by molar-refractivity contribution is 0.606. The van der Waals surface area contributed by atoms with Crippen molar-refractivity contribution in [2.24, 2.45) is 5.10 Å². The van der Waals surface area contributed by atoms with Gasteiger partial charge >= 0.3 is 0 Å². The van der Waals surface area contributed by atoms with Gasteiger partial charge in [0.25, 0.3) is 0 Å². The van der Waals surface area contributed by atoms with Crippen LogP contribution in [-0.4, -0.2) is 35.3 Å². The van der Waals surface area contributed by atoms with Crippen molar-refractivity contribution in [3.05, 3.63) is 42.0 Å². The number of fused-ring (bicyclic) bond motifs is 7. The van der Waals surface area contributed by atoms with E-state index in [0.29, 0.717) is 5.65 Å². The van der Waals surface area contributed by atoms with Crippen LogP contribution in [-0.2, 0) is 5.41 Å². The van der Waals surface area contributed by atoms with E-state index < -0.39 is 0 Å². The summed E-state index contributed by atoms with van der Waals surface area (Å²) in [5, 5.41) is 21.9. The quantitative estimate of drug-likeness (QED) is 0.674. The molecule has 0 fully saturated rings. The molecule has 108 valence electrons. The molecule has 0 aromatic carbocycles. The van der Waals surface area contributed by atoms with Gasteiger partial charge in [0.15, 0.2) is 5.65 Å². The molecule has 22 heavy (non-hydrogen) atoms. The van der Waals surface area contributed by atoms with Crippen molar-refractivity contribution in [2.45, 2.75) is 19.3 Å². The maximum Gasteiger partial charge on any atom is 0.178 e. The van der Waals surface area contributed by atoms with E-state index in [0.717, 1.165) is 28.6 Å². The Morgan fingerprint density at radius 1 is 1.09 bits per heavy atom. The molecule has 1 N–H and O–H groups in total. The zero-order valence-corrected chi connectivity index (χ0v) is 12.0. The average molecular weight is 292 g/mol. The number of hydrazone groups is 1. The first-order chi connectivity index (χ1) is 10.6. The standard InChI is InChI=1S/C14H12N8/c1-14(2)7-8-11(19-17-9-3-5-15-21(8)9)12-13(14)20-18-10-4-6-16-22(10)12/h3-7,17H,1-2H3. The molecule has 0 bridgehead atoms. The van der Waals surface area contributed by atoms with Gasteiger partial charge in [0.2, 0.25) is 0 Å². The minimum absolute atomic E-state index is 0.294. The van der Waals surface area contributed by atoms with Gasteiger partial charge in [-0.1, -0.05) is 13.8 Å². The topological polar surface area (TPSA) is 85.3 Å². The summed E-state index contributed by atoms with van der Waals surface area (Å²) in [4.78, 5) is 0. The van der Waals surface area contributed by atoms with Crippen LogP contribution in [0, 0.1) is 0 Å². The minimum Gasteiger partial charge on any atom is -0.261 e. The largest absolute Gasteiger partial charge is 0.261 e. The summed E-state index contributed by atoms with van der Waals surface area (Å²) in [7, 11) is 0. The van der Waals surface area contributed by atoms with Crippen molar-refractivity contribution < 1.29 is 0 Å². The number of allylic oxidation sites excluding steroid dienone is 2. The van der Waals surface area contributed by atoms with Crippen LogP contribution in [0.4, 0.5) is 5.82 Å². The van der Waals surface area contributed by atoms with Crippen LogP contribution in [0.25, 0.3) is 11.3 Å². The first kappa shape index (κ1) is 11.6. The number of hydrogen-bond acceptors (Lipinski definition) is 6. The number of hydrogen-bond donors (Lipinski definition) is 1. The molecular weight excluding hydrogens is 280 g/mol. The number of rotatable bonds is 0. The second kappa shape index (κ2) is 3.59. The third kappa shape index (κ3) is 1.29. The van der Waals surface area contributed by atoms with Crippen molar-refractivity contribution in [1.82, 2.24) is 29.6 Å². The van der Waals surface area contributed by atoms with Crippen molar-refractivity contribution in [2.75, 3.05) is 5.43 Å². The Kier molecular flexibility index (Phi) is 1.89. The van der Waals surface area contributed by atoms with E-state index in [1.54, 1.807) is 16.9 Å².